The number of aliphatic hydroxyl groups is 1. The molecule has 1 unspecified atom stereocenters. The quantitative estimate of drug-likeness (QED) is 0.584. The van der Waals surface area contributed by atoms with Gasteiger partial charge in [0.1, 0.15) is 0 Å². The first-order valence-corrected chi connectivity index (χ1v) is 8.30. The molecular formula is C14H20O3Se. The van der Waals surface area contributed by atoms with Crippen molar-refractivity contribution in [2.24, 2.45) is 0 Å². The number of carbonyl (C=O) groups excluding carboxylic acids is 1. The Morgan fingerprint density at radius 2 is 2.11 bits per heavy atom. The summed E-state index contributed by atoms with van der Waals surface area (Å²) in [5, 5.41) is 10.5. The second-order valence-electron chi connectivity index (χ2n) is 4.04. The maximum atomic E-state index is 11.3. The normalized spacial score (nSPS) is 12.1. The molecule has 0 aliphatic rings. The third-order valence-corrected chi connectivity index (χ3v) is 4.76. The maximum absolute atomic E-state index is 11.3. The van der Waals surface area contributed by atoms with Crippen molar-refractivity contribution in [1.29, 1.82) is 0 Å². The van der Waals surface area contributed by atoms with Gasteiger partial charge in [-0.2, -0.15) is 0 Å². The summed E-state index contributed by atoms with van der Waals surface area (Å²) in [7, 11) is 0. The third kappa shape index (κ3) is 6.80. The molecule has 3 nitrogen and oxygen atoms in total. The van der Waals surface area contributed by atoms with E-state index in [2.05, 4.69) is 12.1 Å². The van der Waals surface area contributed by atoms with Gasteiger partial charge in [0.15, 0.2) is 0 Å². The summed E-state index contributed by atoms with van der Waals surface area (Å²) in [6, 6.07) is 10.1. The summed E-state index contributed by atoms with van der Waals surface area (Å²) in [6.07, 6.45) is 1.24. The minimum atomic E-state index is -0.403. The molecule has 0 bridgehead atoms. The van der Waals surface area contributed by atoms with Crippen LogP contribution in [0.25, 0.3) is 0 Å². The van der Waals surface area contributed by atoms with E-state index in [1.807, 2.05) is 25.1 Å². The van der Waals surface area contributed by atoms with E-state index in [1.54, 1.807) is 0 Å². The van der Waals surface area contributed by atoms with E-state index in [9.17, 15) is 9.90 Å². The van der Waals surface area contributed by atoms with E-state index in [4.69, 9.17) is 4.74 Å². The number of hydrogen-bond acceptors (Lipinski definition) is 3. The van der Waals surface area contributed by atoms with Gasteiger partial charge in [-0.3, -0.25) is 0 Å². The number of carbonyl (C=O) groups is 1. The molecule has 0 amide bonds. The first-order valence-electron chi connectivity index (χ1n) is 6.24. The van der Waals surface area contributed by atoms with Gasteiger partial charge in [-0.25, -0.2) is 0 Å². The Labute approximate surface area is 115 Å². The van der Waals surface area contributed by atoms with Crippen LogP contribution >= 0.6 is 0 Å². The Bertz CT molecular complexity index is 340. The van der Waals surface area contributed by atoms with Gasteiger partial charge in [-0.1, -0.05) is 0 Å². The average molecular weight is 315 g/mol. The molecule has 100 valence electrons. The monoisotopic (exact) mass is 316 g/mol. The number of hydrogen-bond donors (Lipinski definition) is 1. The fraction of sp³-hybridized carbons (Fsp3) is 0.500. The molecule has 0 heterocycles. The zero-order valence-corrected chi connectivity index (χ0v) is 12.4. The van der Waals surface area contributed by atoms with Gasteiger partial charge in [-0.05, 0) is 0 Å². The molecule has 0 radical (unpaired) electrons. The summed E-state index contributed by atoms with van der Waals surface area (Å²) in [4.78, 5) is 11.3. The SMILES string of the molecule is CCCOC(=O)CCC(O)C[Se]c1ccccc1. The van der Waals surface area contributed by atoms with E-state index in [0.29, 0.717) is 19.4 Å². The van der Waals surface area contributed by atoms with Crippen molar-refractivity contribution in [1.82, 2.24) is 0 Å². The fourth-order valence-corrected chi connectivity index (χ4v) is 3.26. The van der Waals surface area contributed by atoms with Crippen LogP contribution in [0.3, 0.4) is 0 Å². The predicted molar refractivity (Wildman–Crippen MR) is 73.1 cm³/mol. The second-order valence-corrected chi connectivity index (χ2v) is 6.33. The molecule has 1 rings (SSSR count). The van der Waals surface area contributed by atoms with Crippen molar-refractivity contribution in [3.8, 4) is 0 Å². The van der Waals surface area contributed by atoms with Crippen LogP contribution in [0.15, 0.2) is 30.3 Å². The van der Waals surface area contributed by atoms with Crippen molar-refractivity contribution in [2.45, 2.75) is 37.6 Å². The van der Waals surface area contributed by atoms with Crippen LogP contribution in [0.4, 0.5) is 0 Å². The molecule has 4 heteroatoms. The second kappa shape index (κ2) is 9.15. The Kier molecular flexibility index (Phi) is 7.74. The van der Waals surface area contributed by atoms with E-state index in [-0.39, 0.29) is 20.9 Å². The van der Waals surface area contributed by atoms with Crippen LogP contribution in [-0.4, -0.2) is 38.7 Å². The van der Waals surface area contributed by atoms with Crippen molar-refractivity contribution in [3.63, 3.8) is 0 Å². The first kappa shape index (κ1) is 15.2. The Morgan fingerprint density at radius 1 is 1.39 bits per heavy atom. The third-order valence-electron chi connectivity index (χ3n) is 2.33. The van der Waals surface area contributed by atoms with Crippen molar-refractivity contribution >= 4 is 25.4 Å². The van der Waals surface area contributed by atoms with Crippen LogP contribution in [0, 0.1) is 0 Å². The summed E-state index contributed by atoms with van der Waals surface area (Å²) in [6.45, 7) is 2.44. The van der Waals surface area contributed by atoms with Crippen LogP contribution in [0.2, 0.25) is 5.32 Å². The standard InChI is InChI=1S/C14H20O3Se/c1-2-10-17-14(16)9-8-12(15)11-18-13-6-4-3-5-7-13/h3-7,12,15H,2,8-11H2,1H3. The molecule has 0 saturated heterocycles. The predicted octanol–water partition coefficient (Wildman–Crippen LogP) is 1.53. The van der Waals surface area contributed by atoms with Crippen LogP contribution in [0.1, 0.15) is 26.2 Å². The van der Waals surface area contributed by atoms with Gasteiger partial charge < -0.3 is 0 Å². The van der Waals surface area contributed by atoms with Crippen LogP contribution in [0.5, 0.6) is 0 Å². The summed E-state index contributed by atoms with van der Waals surface area (Å²) >= 11 is 0.272. The Morgan fingerprint density at radius 3 is 2.78 bits per heavy atom. The average Bonchev–Trinajstić information content (AvgIpc) is 2.41. The molecular weight excluding hydrogens is 295 g/mol. The summed E-state index contributed by atoms with van der Waals surface area (Å²) in [5.74, 6) is -0.205. The Hall–Kier alpha value is -0.831. The van der Waals surface area contributed by atoms with Crippen LogP contribution < -0.4 is 4.46 Å². The molecule has 1 aromatic rings. The molecule has 0 aromatic heterocycles. The number of esters is 1. The van der Waals surface area contributed by atoms with Crippen molar-refractivity contribution < 1.29 is 14.6 Å². The van der Waals surface area contributed by atoms with E-state index < -0.39 is 6.10 Å². The van der Waals surface area contributed by atoms with Gasteiger partial charge in [0, 0.05) is 0 Å². The van der Waals surface area contributed by atoms with Crippen molar-refractivity contribution in [3.05, 3.63) is 30.3 Å². The fourth-order valence-electron chi connectivity index (χ4n) is 1.37. The Balaban J connectivity index is 2.14. The van der Waals surface area contributed by atoms with E-state index >= 15 is 0 Å². The number of rotatable bonds is 8. The van der Waals surface area contributed by atoms with Crippen molar-refractivity contribution in [2.75, 3.05) is 6.61 Å². The number of ether oxygens (including phenoxy) is 1. The van der Waals surface area contributed by atoms with E-state index in [1.165, 1.54) is 4.46 Å². The molecule has 0 fully saturated rings. The molecule has 1 N–H and O–H groups in total. The van der Waals surface area contributed by atoms with Gasteiger partial charge in [-0.15, -0.1) is 0 Å². The number of benzene rings is 1. The molecule has 0 spiro atoms. The topological polar surface area (TPSA) is 46.5 Å². The molecule has 0 aliphatic heterocycles. The minimum absolute atomic E-state index is 0.205. The molecule has 1 aromatic carbocycles. The van der Waals surface area contributed by atoms with Gasteiger partial charge in [0.2, 0.25) is 0 Å². The number of aliphatic hydroxyl groups excluding tert-OH is 1. The zero-order valence-electron chi connectivity index (χ0n) is 10.7. The summed E-state index contributed by atoms with van der Waals surface area (Å²) < 4.78 is 6.23. The molecule has 0 saturated carbocycles. The van der Waals surface area contributed by atoms with Gasteiger partial charge in [0.05, 0.1) is 0 Å². The molecule has 1 atom stereocenters. The van der Waals surface area contributed by atoms with Gasteiger partial charge in [0.25, 0.3) is 0 Å². The van der Waals surface area contributed by atoms with Gasteiger partial charge >= 0.3 is 115 Å². The molecule has 18 heavy (non-hydrogen) atoms. The molecule has 0 aliphatic carbocycles. The zero-order chi connectivity index (χ0) is 13.2. The van der Waals surface area contributed by atoms with Crippen LogP contribution in [-0.2, 0) is 9.53 Å². The van der Waals surface area contributed by atoms with E-state index in [0.717, 1.165) is 11.7 Å². The first-order chi connectivity index (χ1) is 8.72. The summed E-state index contributed by atoms with van der Waals surface area (Å²) in [5.41, 5.74) is 0.